The van der Waals surface area contributed by atoms with Crippen molar-refractivity contribution in [2.75, 3.05) is 44.2 Å². The fraction of sp³-hybridized carbons (Fsp3) is 0.375. The average Bonchev–Trinajstić information content (AvgIpc) is 3.46. The van der Waals surface area contributed by atoms with E-state index in [-0.39, 0.29) is 30.8 Å². The van der Waals surface area contributed by atoms with Crippen molar-refractivity contribution < 1.29 is 42.1 Å². The van der Waals surface area contributed by atoms with Gasteiger partial charge in [0.15, 0.2) is 11.5 Å². The van der Waals surface area contributed by atoms with Crippen LogP contribution >= 0.6 is 0 Å². The molecule has 240 valence electrons. The van der Waals surface area contributed by atoms with Crippen molar-refractivity contribution in [1.29, 1.82) is 0 Å². The highest BCUT2D eigenvalue weighted by atomic mass is 19.4. The number of rotatable bonds is 8. The molecule has 10 nitrogen and oxygen atoms in total. The van der Waals surface area contributed by atoms with Crippen LogP contribution in [-0.4, -0.2) is 72.5 Å². The summed E-state index contributed by atoms with van der Waals surface area (Å²) in [6.45, 7) is 4.65. The number of benzene rings is 3. The number of halogens is 3. The van der Waals surface area contributed by atoms with Crippen molar-refractivity contribution in [1.82, 2.24) is 9.80 Å². The number of amides is 3. The molecule has 5 rings (SSSR count). The number of carbonyl (C=O) groups excluding carboxylic acids is 2. The molecule has 0 bridgehead atoms. The zero-order valence-corrected chi connectivity index (χ0v) is 25.1. The summed E-state index contributed by atoms with van der Waals surface area (Å²) in [5.74, 6) is 0.910. The van der Waals surface area contributed by atoms with Crippen LogP contribution in [0.3, 0.4) is 0 Å². The highest BCUT2D eigenvalue weighted by molar-refractivity contribution is 6.02. The number of carbonyl (C=O) groups is 2. The van der Waals surface area contributed by atoms with Gasteiger partial charge in [0, 0.05) is 43.0 Å². The standard InChI is InChI=1S/C32H35F3N4O6/c1-19-14-39(20(2)17-40)30(41)25-12-23(36-31(42)37-24-9-11-27-28(13-24)44-18-43-27)8-10-26(25)45-29(19)16-38(3)15-21-4-6-22(7-5-21)32(33,34)35/h4-13,19-20,29,40H,14-18H2,1-3H3,(H2,36,37,42)/t19-,20-,29+/m0/s1. The molecule has 13 heteroatoms. The third-order valence-electron chi connectivity index (χ3n) is 7.78. The number of aliphatic hydroxyl groups excluding tert-OH is 1. The molecule has 3 atom stereocenters. The monoisotopic (exact) mass is 628 g/mol. The number of urea groups is 1. The molecule has 45 heavy (non-hydrogen) atoms. The highest BCUT2D eigenvalue weighted by Crippen LogP contribution is 2.35. The van der Waals surface area contributed by atoms with Crippen LogP contribution in [0.5, 0.6) is 17.2 Å². The Morgan fingerprint density at radius 3 is 2.33 bits per heavy atom. The van der Waals surface area contributed by atoms with E-state index < -0.39 is 29.9 Å². The van der Waals surface area contributed by atoms with E-state index in [9.17, 15) is 27.9 Å². The molecule has 0 radical (unpaired) electrons. The average molecular weight is 629 g/mol. The number of alkyl halides is 3. The predicted octanol–water partition coefficient (Wildman–Crippen LogP) is 5.43. The van der Waals surface area contributed by atoms with Gasteiger partial charge in [0.1, 0.15) is 11.9 Å². The maximum Gasteiger partial charge on any atom is 0.416 e. The number of ether oxygens (including phenoxy) is 3. The summed E-state index contributed by atoms with van der Waals surface area (Å²) >= 11 is 0. The minimum Gasteiger partial charge on any atom is -0.488 e. The lowest BCUT2D eigenvalue weighted by Crippen LogP contribution is -2.49. The molecular formula is C32H35F3N4O6. The van der Waals surface area contributed by atoms with Gasteiger partial charge in [-0.25, -0.2) is 4.79 Å². The normalized spacial score (nSPS) is 18.5. The van der Waals surface area contributed by atoms with Crippen LogP contribution in [0.15, 0.2) is 60.7 Å². The molecule has 0 unspecified atom stereocenters. The summed E-state index contributed by atoms with van der Waals surface area (Å²) < 4.78 is 56.0. The maximum absolute atomic E-state index is 13.7. The zero-order valence-electron chi connectivity index (χ0n) is 25.1. The summed E-state index contributed by atoms with van der Waals surface area (Å²) in [4.78, 5) is 30.1. The van der Waals surface area contributed by atoms with Gasteiger partial charge in [-0.1, -0.05) is 19.1 Å². The van der Waals surface area contributed by atoms with E-state index in [1.165, 1.54) is 18.2 Å². The Labute approximate surface area is 258 Å². The number of nitrogens with one attached hydrogen (secondary N) is 2. The second kappa shape index (κ2) is 13.2. The smallest absolute Gasteiger partial charge is 0.416 e. The first kappa shape index (κ1) is 31.9. The SMILES string of the molecule is C[C@H]1CN([C@@H](C)CO)C(=O)c2cc(NC(=O)Nc3ccc4c(c3)OCO4)ccc2O[C@@H]1CN(C)Cc1ccc(C(F)(F)F)cc1. The Bertz CT molecular complexity index is 1530. The largest absolute Gasteiger partial charge is 0.488 e. The first-order chi connectivity index (χ1) is 21.4. The zero-order chi connectivity index (χ0) is 32.3. The topological polar surface area (TPSA) is 113 Å². The second-order valence-electron chi connectivity index (χ2n) is 11.4. The van der Waals surface area contributed by atoms with E-state index in [2.05, 4.69) is 10.6 Å². The summed E-state index contributed by atoms with van der Waals surface area (Å²) in [5.41, 5.74) is 1.07. The minimum atomic E-state index is -4.40. The molecule has 2 aliphatic rings. The van der Waals surface area contributed by atoms with Crippen molar-refractivity contribution in [2.45, 2.75) is 38.7 Å². The highest BCUT2D eigenvalue weighted by Gasteiger charge is 2.34. The van der Waals surface area contributed by atoms with Crippen molar-refractivity contribution >= 4 is 23.3 Å². The Kier molecular flexibility index (Phi) is 9.40. The molecule has 0 aliphatic carbocycles. The summed E-state index contributed by atoms with van der Waals surface area (Å²) in [6, 6.07) is 13.8. The van der Waals surface area contributed by atoms with Crippen molar-refractivity contribution in [2.24, 2.45) is 5.92 Å². The van der Waals surface area contributed by atoms with Crippen LogP contribution < -0.4 is 24.8 Å². The lowest BCUT2D eigenvalue weighted by Gasteiger charge is -2.38. The Hall–Kier alpha value is -4.49. The van der Waals surface area contributed by atoms with Crippen molar-refractivity contribution in [3.05, 3.63) is 77.4 Å². The Balaban J connectivity index is 1.32. The van der Waals surface area contributed by atoms with E-state index in [4.69, 9.17) is 14.2 Å². The third-order valence-corrected chi connectivity index (χ3v) is 7.78. The van der Waals surface area contributed by atoms with Crippen LogP contribution in [-0.2, 0) is 12.7 Å². The first-order valence-corrected chi connectivity index (χ1v) is 14.5. The Morgan fingerprint density at radius 1 is 1.02 bits per heavy atom. The van der Waals surface area contributed by atoms with Crippen LogP contribution in [0.25, 0.3) is 0 Å². The molecule has 0 aromatic heterocycles. The molecule has 0 saturated heterocycles. The Morgan fingerprint density at radius 2 is 1.67 bits per heavy atom. The number of nitrogens with zero attached hydrogens (tertiary/aromatic N) is 2. The number of anilines is 2. The van der Waals surface area contributed by atoms with Gasteiger partial charge in [-0.2, -0.15) is 13.2 Å². The molecule has 0 fully saturated rings. The fourth-order valence-electron chi connectivity index (χ4n) is 5.27. The van der Waals surface area contributed by atoms with Crippen LogP contribution in [0.4, 0.5) is 29.3 Å². The van der Waals surface area contributed by atoms with E-state index >= 15 is 0 Å². The van der Waals surface area contributed by atoms with Gasteiger partial charge in [0.2, 0.25) is 6.79 Å². The molecule has 3 N–H and O–H groups in total. The number of aliphatic hydroxyl groups is 1. The second-order valence-corrected chi connectivity index (χ2v) is 11.4. The van der Waals surface area contributed by atoms with Gasteiger partial charge in [-0.05, 0) is 62.0 Å². The minimum absolute atomic E-state index is 0.108. The quantitative estimate of drug-likeness (QED) is 0.305. The molecular weight excluding hydrogens is 593 g/mol. The van der Waals surface area contributed by atoms with Gasteiger partial charge >= 0.3 is 12.2 Å². The van der Waals surface area contributed by atoms with Crippen LogP contribution in [0.2, 0.25) is 0 Å². The lowest BCUT2D eigenvalue weighted by molar-refractivity contribution is -0.137. The summed E-state index contributed by atoms with van der Waals surface area (Å²) in [5, 5.41) is 15.4. The fourth-order valence-corrected chi connectivity index (χ4v) is 5.27. The van der Waals surface area contributed by atoms with E-state index in [0.29, 0.717) is 53.8 Å². The first-order valence-electron chi connectivity index (χ1n) is 14.5. The third kappa shape index (κ3) is 7.60. The van der Waals surface area contributed by atoms with Crippen LogP contribution in [0, 0.1) is 5.92 Å². The van der Waals surface area contributed by atoms with Gasteiger partial charge < -0.3 is 34.9 Å². The van der Waals surface area contributed by atoms with Gasteiger partial charge in [0.25, 0.3) is 5.91 Å². The number of hydrogen-bond donors (Lipinski definition) is 3. The van der Waals surface area contributed by atoms with E-state index in [1.54, 1.807) is 42.2 Å². The number of likely N-dealkylation sites (N-methyl/N-ethyl adjacent to an activating group) is 1. The number of fused-ring (bicyclic) bond motifs is 2. The molecule has 2 heterocycles. The van der Waals surface area contributed by atoms with Crippen LogP contribution in [0.1, 0.15) is 35.3 Å². The van der Waals surface area contributed by atoms with E-state index in [1.807, 2.05) is 18.9 Å². The maximum atomic E-state index is 13.7. The molecule has 3 aromatic carbocycles. The van der Waals surface area contributed by atoms with E-state index in [0.717, 1.165) is 12.1 Å². The molecule has 2 aliphatic heterocycles. The molecule has 3 amide bonds. The van der Waals surface area contributed by atoms with Crippen molar-refractivity contribution in [3.63, 3.8) is 0 Å². The summed E-state index contributed by atoms with van der Waals surface area (Å²) in [6.07, 6.45) is -4.81. The molecule has 0 saturated carbocycles. The lowest BCUT2D eigenvalue weighted by atomic mass is 9.99. The van der Waals surface area contributed by atoms with Gasteiger partial charge in [-0.15, -0.1) is 0 Å². The summed E-state index contributed by atoms with van der Waals surface area (Å²) in [7, 11) is 1.85. The van der Waals surface area contributed by atoms with Gasteiger partial charge in [-0.3, -0.25) is 9.69 Å². The predicted molar refractivity (Wildman–Crippen MR) is 161 cm³/mol. The molecule has 0 spiro atoms. The molecule has 3 aromatic rings. The number of hydrogen-bond acceptors (Lipinski definition) is 7. The van der Waals surface area contributed by atoms with Gasteiger partial charge in [0.05, 0.1) is 23.8 Å². The van der Waals surface area contributed by atoms with Crippen molar-refractivity contribution in [3.8, 4) is 17.2 Å².